The number of hydrogen-bond donors (Lipinski definition) is 2. The third-order valence-electron chi connectivity index (χ3n) is 2.88. The second kappa shape index (κ2) is 5.21. The van der Waals surface area contributed by atoms with Gasteiger partial charge in [-0.15, -0.1) is 0 Å². The topological polar surface area (TPSA) is 63.3 Å². The van der Waals surface area contributed by atoms with Crippen LogP contribution in [0.25, 0.3) is 0 Å². The van der Waals surface area contributed by atoms with Gasteiger partial charge in [-0.1, -0.05) is 26.0 Å². The summed E-state index contributed by atoms with van der Waals surface area (Å²) in [5.41, 5.74) is 1.56. The van der Waals surface area contributed by atoms with E-state index in [-0.39, 0.29) is 5.92 Å². The molecule has 0 spiro atoms. The van der Waals surface area contributed by atoms with Gasteiger partial charge < -0.3 is 10.8 Å². The Morgan fingerprint density at radius 2 is 1.89 bits per heavy atom. The van der Waals surface area contributed by atoms with E-state index >= 15 is 0 Å². The Labute approximate surface area is 109 Å². The maximum Gasteiger partial charge on any atom is 0.330 e. The Morgan fingerprint density at radius 1 is 1.37 bits per heavy atom. The van der Waals surface area contributed by atoms with Crippen molar-refractivity contribution in [2.45, 2.75) is 31.7 Å². The first-order chi connectivity index (χ1) is 8.63. The smallest absolute Gasteiger partial charge is 0.330 e. The van der Waals surface area contributed by atoms with E-state index in [4.69, 9.17) is 10.8 Å². The van der Waals surface area contributed by atoms with E-state index in [2.05, 4.69) is 0 Å². The summed E-state index contributed by atoms with van der Waals surface area (Å²) in [6.07, 6.45) is -0.469. The summed E-state index contributed by atoms with van der Waals surface area (Å²) in [6, 6.07) is 4.15. The Morgan fingerprint density at radius 3 is 2.32 bits per heavy atom. The van der Waals surface area contributed by atoms with Crippen LogP contribution in [0.1, 0.15) is 25.8 Å². The fraction of sp³-hybridized carbons (Fsp3) is 0.462. The summed E-state index contributed by atoms with van der Waals surface area (Å²) in [4.78, 5) is 11.2. The highest BCUT2D eigenvalue weighted by Gasteiger charge is 2.58. The van der Waals surface area contributed by atoms with Crippen molar-refractivity contribution in [3.63, 3.8) is 0 Å². The molecule has 0 bridgehead atoms. The standard InChI is InChI=1S/C13H16F3NO2/c1-8(2)7-12(17,11(18)19)13(15,16)9-5-3-4-6-10(9)14/h3-6,8H,7,17H2,1-2H3,(H,18,19)/t12-/m0/s1. The lowest BCUT2D eigenvalue weighted by atomic mass is 9.80. The molecule has 1 rings (SSSR count). The van der Waals surface area contributed by atoms with E-state index in [1.807, 2.05) is 0 Å². The van der Waals surface area contributed by atoms with Crippen LogP contribution in [0.15, 0.2) is 24.3 Å². The number of carbonyl (C=O) groups is 1. The van der Waals surface area contributed by atoms with Crippen molar-refractivity contribution in [1.29, 1.82) is 0 Å². The fourth-order valence-corrected chi connectivity index (χ4v) is 1.95. The average molecular weight is 275 g/mol. The maximum atomic E-state index is 14.3. The third kappa shape index (κ3) is 2.73. The molecular formula is C13H16F3NO2. The largest absolute Gasteiger partial charge is 0.480 e. The first-order valence-corrected chi connectivity index (χ1v) is 5.78. The molecule has 0 heterocycles. The van der Waals surface area contributed by atoms with Gasteiger partial charge in [-0.3, -0.25) is 0 Å². The van der Waals surface area contributed by atoms with Gasteiger partial charge in [0.1, 0.15) is 5.82 Å². The molecular weight excluding hydrogens is 259 g/mol. The van der Waals surface area contributed by atoms with Gasteiger partial charge in [0.15, 0.2) is 5.54 Å². The molecule has 0 aliphatic heterocycles. The molecule has 19 heavy (non-hydrogen) atoms. The zero-order chi connectivity index (χ0) is 14.8. The summed E-state index contributed by atoms with van der Waals surface area (Å²) in [5.74, 6) is -7.41. The second-order valence-electron chi connectivity index (χ2n) is 4.93. The minimum atomic E-state index is -4.01. The summed E-state index contributed by atoms with van der Waals surface area (Å²) in [7, 11) is 0. The number of rotatable bonds is 5. The predicted molar refractivity (Wildman–Crippen MR) is 64.3 cm³/mol. The molecule has 3 N–H and O–H groups in total. The molecule has 0 unspecified atom stereocenters. The summed E-state index contributed by atoms with van der Waals surface area (Å²) in [6.45, 7) is 3.14. The van der Waals surface area contributed by atoms with Crippen LogP contribution >= 0.6 is 0 Å². The number of carboxylic acids is 1. The van der Waals surface area contributed by atoms with Crippen LogP contribution in [-0.4, -0.2) is 16.6 Å². The van der Waals surface area contributed by atoms with Crippen molar-refractivity contribution in [3.05, 3.63) is 35.6 Å². The lowest BCUT2D eigenvalue weighted by Gasteiger charge is -2.35. The third-order valence-corrected chi connectivity index (χ3v) is 2.88. The number of halogens is 3. The molecule has 1 aromatic carbocycles. The van der Waals surface area contributed by atoms with E-state index < -0.39 is 35.2 Å². The highest BCUT2D eigenvalue weighted by Crippen LogP contribution is 2.42. The van der Waals surface area contributed by atoms with Crippen molar-refractivity contribution < 1.29 is 23.1 Å². The molecule has 0 aliphatic rings. The molecule has 0 aromatic heterocycles. The van der Waals surface area contributed by atoms with E-state index in [0.29, 0.717) is 0 Å². The number of benzene rings is 1. The van der Waals surface area contributed by atoms with Gasteiger partial charge in [-0.2, -0.15) is 8.78 Å². The number of hydrogen-bond acceptors (Lipinski definition) is 2. The molecule has 1 aromatic rings. The zero-order valence-corrected chi connectivity index (χ0v) is 10.7. The second-order valence-corrected chi connectivity index (χ2v) is 4.93. The molecule has 6 heteroatoms. The number of aliphatic carboxylic acids is 1. The SMILES string of the molecule is CC(C)C[C@](N)(C(=O)O)C(F)(F)c1ccccc1F. The number of carboxylic acid groups (broad SMARTS) is 1. The molecule has 0 saturated carbocycles. The Bertz CT molecular complexity index is 477. The zero-order valence-electron chi connectivity index (χ0n) is 10.7. The van der Waals surface area contributed by atoms with Crippen LogP contribution in [0, 0.1) is 11.7 Å². The summed E-state index contributed by atoms with van der Waals surface area (Å²) in [5, 5.41) is 9.04. The Hall–Kier alpha value is -1.56. The molecule has 0 amide bonds. The quantitative estimate of drug-likeness (QED) is 0.868. The molecule has 0 aliphatic carbocycles. The predicted octanol–water partition coefficient (Wildman–Crippen LogP) is 2.75. The van der Waals surface area contributed by atoms with Crippen LogP contribution in [-0.2, 0) is 10.7 Å². The van der Waals surface area contributed by atoms with Crippen molar-refractivity contribution >= 4 is 5.97 Å². The lowest BCUT2D eigenvalue weighted by molar-refractivity contribution is -0.166. The van der Waals surface area contributed by atoms with E-state index in [1.54, 1.807) is 13.8 Å². The van der Waals surface area contributed by atoms with Gasteiger partial charge in [0.2, 0.25) is 0 Å². The average Bonchev–Trinajstić information content (AvgIpc) is 2.27. The van der Waals surface area contributed by atoms with Crippen LogP contribution in [0.2, 0.25) is 0 Å². The Balaban J connectivity index is 3.36. The molecule has 0 saturated heterocycles. The first kappa shape index (κ1) is 15.5. The number of nitrogens with two attached hydrogens (primary N) is 1. The highest BCUT2D eigenvalue weighted by atomic mass is 19.3. The van der Waals surface area contributed by atoms with Gasteiger partial charge in [0, 0.05) is 0 Å². The van der Waals surface area contributed by atoms with Gasteiger partial charge in [-0.25, -0.2) is 9.18 Å². The van der Waals surface area contributed by atoms with Crippen LogP contribution in [0.3, 0.4) is 0 Å². The van der Waals surface area contributed by atoms with Gasteiger partial charge in [0.25, 0.3) is 0 Å². The van der Waals surface area contributed by atoms with Gasteiger partial charge in [0.05, 0.1) is 5.56 Å². The minimum absolute atomic E-state index is 0.376. The minimum Gasteiger partial charge on any atom is -0.480 e. The highest BCUT2D eigenvalue weighted by molar-refractivity contribution is 5.80. The van der Waals surface area contributed by atoms with Gasteiger partial charge in [-0.05, 0) is 24.5 Å². The Kier molecular flexibility index (Phi) is 4.25. The molecule has 1 atom stereocenters. The van der Waals surface area contributed by atoms with Crippen molar-refractivity contribution in [1.82, 2.24) is 0 Å². The van der Waals surface area contributed by atoms with Crippen LogP contribution in [0.4, 0.5) is 13.2 Å². The monoisotopic (exact) mass is 275 g/mol. The van der Waals surface area contributed by atoms with Crippen LogP contribution in [0.5, 0.6) is 0 Å². The van der Waals surface area contributed by atoms with E-state index in [1.165, 1.54) is 12.1 Å². The maximum absolute atomic E-state index is 14.3. The van der Waals surface area contributed by atoms with Gasteiger partial charge >= 0.3 is 11.9 Å². The van der Waals surface area contributed by atoms with Crippen molar-refractivity contribution in [2.75, 3.05) is 0 Å². The molecule has 106 valence electrons. The lowest BCUT2D eigenvalue weighted by Crippen LogP contribution is -2.60. The van der Waals surface area contributed by atoms with Crippen LogP contribution < -0.4 is 5.73 Å². The van der Waals surface area contributed by atoms with E-state index in [0.717, 1.165) is 12.1 Å². The molecule has 0 radical (unpaired) electrons. The van der Waals surface area contributed by atoms with Crippen molar-refractivity contribution in [2.24, 2.45) is 11.7 Å². The number of alkyl halides is 2. The normalized spacial score (nSPS) is 15.3. The first-order valence-electron chi connectivity index (χ1n) is 5.78. The summed E-state index contributed by atoms with van der Waals surface area (Å²) >= 11 is 0. The molecule has 0 fully saturated rings. The van der Waals surface area contributed by atoms with E-state index in [9.17, 15) is 18.0 Å². The van der Waals surface area contributed by atoms with Crippen molar-refractivity contribution in [3.8, 4) is 0 Å². The summed E-state index contributed by atoms with van der Waals surface area (Å²) < 4.78 is 42.1. The molecule has 3 nitrogen and oxygen atoms in total. The fourth-order valence-electron chi connectivity index (χ4n) is 1.95.